The van der Waals surface area contributed by atoms with E-state index in [9.17, 15) is 4.79 Å². The lowest BCUT2D eigenvalue weighted by Gasteiger charge is -2.62. The largest absolute Gasteiger partial charge is 0.353 e. The number of fused-ring (bicyclic) bond motifs is 2. The summed E-state index contributed by atoms with van der Waals surface area (Å²) in [5, 5.41) is 3.09. The van der Waals surface area contributed by atoms with Crippen LogP contribution in [-0.2, 0) is 4.79 Å². The van der Waals surface area contributed by atoms with Crippen LogP contribution in [0.5, 0.6) is 0 Å². The molecule has 0 aromatic carbocycles. The molecule has 1 N–H and O–H groups in total. The van der Waals surface area contributed by atoms with Gasteiger partial charge in [0.05, 0.1) is 0 Å². The number of rotatable bonds is 1. The van der Waals surface area contributed by atoms with Crippen LogP contribution >= 0.6 is 0 Å². The van der Waals surface area contributed by atoms with E-state index in [1.54, 1.807) is 6.92 Å². The molecule has 3 saturated carbocycles. The molecule has 0 aliphatic heterocycles. The summed E-state index contributed by atoms with van der Waals surface area (Å²) in [5.41, 5.74) is 0.522. The highest BCUT2D eigenvalue weighted by Gasteiger charge is 2.56. The van der Waals surface area contributed by atoms with E-state index in [2.05, 4.69) is 26.1 Å². The third-order valence-corrected chi connectivity index (χ3v) is 4.74. The third-order valence-electron chi connectivity index (χ3n) is 4.74. The van der Waals surface area contributed by atoms with E-state index in [0.29, 0.717) is 17.4 Å². The Morgan fingerprint density at radius 2 is 2.00 bits per heavy atom. The maximum atomic E-state index is 11.0. The van der Waals surface area contributed by atoms with Crippen molar-refractivity contribution in [1.29, 1.82) is 0 Å². The van der Waals surface area contributed by atoms with Gasteiger partial charge in [-0.05, 0) is 36.0 Å². The Bertz CT molecular complexity index is 259. The van der Waals surface area contributed by atoms with Crippen LogP contribution in [0.4, 0.5) is 0 Å². The highest BCUT2D eigenvalue weighted by atomic mass is 16.1. The molecule has 3 aliphatic rings. The highest BCUT2D eigenvalue weighted by Crippen LogP contribution is 2.61. The Morgan fingerprint density at radius 3 is 2.43 bits per heavy atom. The minimum atomic E-state index is 0.126. The van der Waals surface area contributed by atoms with Crippen LogP contribution in [0.25, 0.3) is 0 Å². The van der Waals surface area contributed by atoms with Gasteiger partial charge in [0.2, 0.25) is 5.91 Å². The van der Waals surface area contributed by atoms with Crippen LogP contribution in [0.15, 0.2) is 0 Å². The molecule has 0 radical (unpaired) electrons. The van der Waals surface area contributed by atoms with Crippen LogP contribution in [0, 0.1) is 23.2 Å². The standard InChI is InChI=1S/C12H21NO/c1-7-10-5-9(12(10,3)4)6-11(7)13-8(2)14/h7,9-11H,5-6H2,1-4H3,(H,13,14)/t7-,9+,10-,11-/m0/s1. The summed E-state index contributed by atoms with van der Waals surface area (Å²) in [6.45, 7) is 8.68. The molecule has 0 aromatic rings. The van der Waals surface area contributed by atoms with Crippen molar-refractivity contribution < 1.29 is 4.79 Å². The molecule has 3 fully saturated rings. The maximum absolute atomic E-state index is 11.0. The SMILES string of the molecule is CC(=O)N[C@H]1C[C@H]2C[C@@H]([C@@H]1C)C2(C)C. The molecule has 2 nitrogen and oxygen atoms in total. The lowest BCUT2D eigenvalue weighted by atomic mass is 9.45. The molecular formula is C12H21NO. The van der Waals surface area contributed by atoms with E-state index in [-0.39, 0.29) is 5.91 Å². The van der Waals surface area contributed by atoms with Crippen molar-refractivity contribution in [2.45, 2.75) is 46.6 Å². The summed E-state index contributed by atoms with van der Waals surface area (Å²) in [6, 6.07) is 0.435. The fraction of sp³-hybridized carbons (Fsp3) is 0.917. The third kappa shape index (κ3) is 1.27. The normalized spacial score (nSPS) is 44.0. The van der Waals surface area contributed by atoms with Crippen LogP contribution in [-0.4, -0.2) is 11.9 Å². The first-order valence-corrected chi connectivity index (χ1v) is 5.70. The fourth-order valence-corrected chi connectivity index (χ4v) is 3.60. The molecule has 3 aliphatic carbocycles. The average Bonchev–Trinajstić information content (AvgIpc) is 2.06. The molecule has 0 aromatic heterocycles. The Morgan fingerprint density at radius 1 is 1.36 bits per heavy atom. The Balaban J connectivity index is 2.04. The zero-order chi connectivity index (χ0) is 10.5. The Kier molecular flexibility index (Phi) is 2.13. The van der Waals surface area contributed by atoms with Crippen molar-refractivity contribution in [2.75, 3.05) is 0 Å². The lowest BCUT2D eigenvalue weighted by Crippen LogP contribution is -2.60. The van der Waals surface area contributed by atoms with Crippen molar-refractivity contribution >= 4 is 5.91 Å². The van der Waals surface area contributed by atoms with Gasteiger partial charge in [-0.1, -0.05) is 20.8 Å². The van der Waals surface area contributed by atoms with E-state index in [1.165, 1.54) is 12.8 Å². The highest BCUT2D eigenvalue weighted by molar-refractivity contribution is 5.73. The second-order valence-corrected chi connectivity index (χ2v) is 5.76. The summed E-state index contributed by atoms with van der Waals surface area (Å²) >= 11 is 0. The number of carbonyl (C=O) groups excluding carboxylic acids is 1. The summed E-state index contributed by atoms with van der Waals surface area (Å²) in [6.07, 6.45) is 2.56. The molecule has 0 spiro atoms. The number of nitrogens with one attached hydrogen (secondary N) is 1. The monoisotopic (exact) mass is 195 g/mol. The zero-order valence-electron chi connectivity index (χ0n) is 9.63. The van der Waals surface area contributed by atoms with Gasteiger partial charge in [0, 0.05) is 13.0 Å². The Hall–Kier alpha value is -0.530. The van der Waals surface area contributed by atoms with Gasteiger partial charge in [0.25, 0.3) is 0 Å². The van der Waals surface area contributed by atoms with Gasteiger partial charge < -0.3 is 5.32 Å². The van der Waals surface area contributed by atoms with Gasteiger partial charge in [0.15, 0.2) is 0 Å². The topological polar surface area (TPSA) is 29.1 Å². The van der Waals surface area contributed by atoms with E-state index >= 15 is 0 Å². The zero-order valence-corrected chi connectivity index (χ0v) is 9.63. The van der Waals surface area contributed by atoms with Crippen molar-refractivity contribution in [2.24, 2.45) is 23.2 Å². The van der Waals surface area contributed by atoms with Gasteiger partial charge >= 0.3 is 0 Å². The smallest absolute Gasteiger partial charge is 0.217 e. The predicted octanol–water partition coefficient (Wildman–Crippen LogP) is 2.19. The number of hydrogen-bond acceptors (Lipinski definition) is 1. The van der Waals surface area contributed by atoms with E-state index in [4.69, 9.17) is 0 Å². The van der Waals surface area contributed by atoms with Crippen LogP contribution in [0.2, 0.25) is 0 Å². The second-order valence-electron chi connectivity index (χ2n) is 5.76. The summed E-state index contributed by atoms with van der Waals surface area (Å²) in [5.74, 6) is 2.43. The van der Waals surface area contributed by atoms with Gasteiger partial charge in [0.1, 0.15) is 0 Å². The first-order valence-electron chi connectivity index (χ1n) is 5.70. The molecule has 14 heavy (non-hydrogen) atoms. The molecule has 3 rings (SSSR count). The van der Waals surface area contributed by atoms with E-state index in [0.717, 1.165) is 11.8 Å². The molecule has 80 valence electrons. The fourth-order valence-electron chi connectivity index (χ4n) is 3.60. The van der Waals surface area contributed by atoms with Crippen molar-refractivity contribution in [3.63, 3.8) is 0 Å². The minimum Gasteiger partial charge on any atom is -0.353 e. The second kappa shape index (κ2) is 2.98. The number of carbonyl (C=O) groups is 1. The van der Waals surface area contributed by atoms with Crippen LogP contribution in [0.3, 0.4) is 0 Å². The molecule has 0 heterocycles. The first-order chi connectivity index (χ1) is 6.43. The maximum Gasteiger partial charge on any atom is 0.217 e. The predicted molar refractivity (Wildman–Crippen MR) is 56.8 cm³/mol. The van der Waals surface area contributed by atoms with Gasteiger partial charge in [-0.3, -0.25) is 4.79 Å². The Labute approximate surface area is 86.5 Å². The van der Waals surface area contributed by atoms with Gasteiger partial charge in [-0.2, -0.15) is 0 Å². The molecule has 0 unspecified atom stereocenters. The molecule has 1 amide bonds. The molecular weight excluding hydrogens is 174 g/mol. The van der Waals surface area contributed by atoms with E-state index < -0.39 is 0 Å². The molecule has 2 bridgehead atoms. The molecule has 0 saturated heterocycles. The summed E-state index contributed by atoms with van der Waals surface area (Å²) in [7, 11) is 0. The average molecular weight is 195 g/mol. The van der Waals surface area contributed by atoms with Crippen molar-refractivity contribution in [3.8, 4) is 0 Å². The van der Waals surface area contributed by atoms with Crippen LogP contribution < -0.4 is 5.32 Å². The van der Waals surface area contributed by atoms with E-state index in [1.807, 2.05) is 0 Å². The molecule has 4 atom stereocenters. The molecule has 2 heteroatoms. The summed E-state index contributed by atoms with van der Waals surface area (Å²) < 4.78 is 0. The lowest BCUT2D eigenvalue weighted by molar-refractivity contribution is -0.132. The number of hydrogen-bond donors (Lipinski definition) is 1. The van der Waals surface area contributed by atoms with Crippen molar-refractivity contribution in [3.05, 3.63) is 0 Å². The summed E-state index contributed by atoms with van der Waals surface area (Å²) in [4.78, 5) is 11.0. The number of amides is 1. The minimum absolute atomic E-state index is 0.126. The first kappa shape index (κ1) is 10.0. The quantitative estimate of drug-likeness (QED) is 0.682. The van der Waals surface area contributed by atoms with Crippen molar-refractivity contribution in [1.82, 2.24) is 5.32 Å². The van der Waals surface area contributed by atoms with Gasteiger partial charge in [-0.15, -0.1) is 0 Å². The van der Waals surface area contributed by atoms with Crippen LogP contribution in [0.1, 0.15) is 40.5 Å². The van der Waals surface area contributed by atoms with Gasteiger partial charge in [-0.25, -0.2) is 0 Å².